The number of aryl methyl sites for hydroxylation is 1. The van der Waals surface area contributed by atoms with Crippen molar-refractivity contribution >= 4 is 17.1 Å². The van der Waals surface area contributed by atoms with Crippen LogP contribution in [0.25, 0.3) is 0 Å². The summed E-state index contributed by atoms with van der Waals surface area (Å²) in [5.74, 6) is 0.870. The van der Waals surface area contributed by atoms with Crippen molar-refractivity contribution in [3.8, 4) is 5.75 Å². The van der Waals surface area contributed by atoms with Crippen LogP contribution in [0, 0.1) is 6.92 Å². The number of hydrogen-bond acceptors (Lipinski definition) is 3. The number of anilines is 1. The van der Waals surface area contributed by atoms with Gasteiger partial charge in [-0.2, -0.15) is 0 Å². The molecule has 2 aromatic rings. The third-order valence-electron chi connectivity index (χ3n) is 4.45. The van der Waals surface area contributed by atoms with Crippen LogP contribution in [0.2, 0.25) is 0 Å². The molecule has 1 aliphatic heterocycles. The summed E-state index contributed by atoms with van der Waals surface area (Å²) in [6.07, 6.45) is 2.61. The van der Waals surface area contributed by atoms with Gasteiger partial charge in [0.05, 0.1) is 12.8 Å². The third kappa shape index (κ3) is 3.55. The van der Waals surface area contributed by atoms with Gasteiger partial charge >= 0.3 is 0 Å². The Morgan fingerprint density at radius 2 is 1.74 bits per heavy atom. The number of nitrogens with zero attached hydrogens (tertiary/aromatic N) is 2. The van der Waals surface area contributed by atoms with Crippen molar-refractivity contribution in [2.75, 3.05) is 25.1 Å². The average Bonchev–Trinajstić information content (AvgIpc) is 3.11. The number of rotatable bonds is 4. The molecule has 1 fully saturated rings. The summed E-state index contributed by atoms with van der Waals surface area (Å²) in [5.41, 5.74) is 5.64. The van der Waals surface area contributed by atoms with Gasteiger partial charge in [-0.1, -0.05) is 12.1 Å². The predicted molar refractivity (Wildman–Crippen MR) is 97.5 cm³/mol. The minimum atomic E-state index is 0.870. The lowest BCUT2D eigenvalue weighted by atomic mass is 10.1. The molecule has 2 aromatic carbocycles. The van der Waals surface area contributed by atoms with Crippen molar-refractivity contribution in [2.24, 2.45) is 4.99 Å². The largest absolute Gasteiger partial charge is 0.497 e. The molecule has 0 saturated carbocycles. The van der Waals surface area contributed by atoms with Gasteiger partial charge in [0.1, 0.15) is 5.75 Å². The SMILES string of the molecule is COc1ccc(N=C(C)c2ccc(N3CCCC3)cc2)c(C)c1. The van der Waals surface area contributed by atoms with E-state index in [0.717, 1.165) is 22.7 Å². The summed E-state index contributed by atoms with van der Waals surface area (Å²) in [6.45, 7) is 6.48. The van der Waals surface area contributed by atoms with E-state index in [1.165, 1.54) is 37.2 Å². The Hall–Kier alpha value is -2.29. The van der Waals surface area contributed by atoms with Crippen LogP contribution in [0.15, 0.2) is 47.5 Å². The number of ether oxygens (including phenoxy) is 1. The quantitative estimate of drug-likeness (QED) is 0.762. The fourth-order valence-corrected chi connectivity index (χ4v) is 3.01. The Labute approximate surface area is 138 Å². The molecule has 120 valence electrons. The van der Waals surface area contributed by atoms with Crippen LogP contribution in [0.4, 0.5) is 11.4 Å². The van der Waals surface area contributed by atoms with Crippen LogP contribution in [-0.4, -0.2) is 25.9 Å². The van der Waals surface area contributed by atoms with Crippen LogP contribution >= 0.6 is 0 Å². The summed E-state index contributed by atoms with van der Waals surface area (Å²) < 4.78 is 5.25. The lowest BCUT2D eigenvalue weighted by Crippen LogP contribution is -2.17. The monoisotopic (exact) mass is 308 g/mol. The second kappa shape index (κ2) is 6.86. The van der Waals surface area contributed by atoms with E-state index in [0.29, 0.717) is 0 Å². The van der Waals surface area contributed by atoms with Gasteiger partial charge in [0, 0.05) is 24.5 Å². The maximum atomic E-state index is 5.25. The summed E-state index contributed by atoms with van der Waals surface area (Å²) in [4.78, 5) is 7.23. The first kappa shape index (κ1) is 15.6. The molecule has 3 heteroatoms. The molecule has 0 radical (unpaired) electrons. The Morgan fingerprint density at radius 1 is 1.04 bits per heavy atom. The van der Waals surface area contributed by atoms with E-state index in [1.807, 2.05) is 18.2 Å². The van der Waals surface area contributed by atoms with Crippen molar-refractivity contribution in [3.05, 3.63) is 53.6 Å². The summed E-state index contributed by atoms with van der Waals surface area (Å²) in [5, 5.41) is 0. The van der Waals surface area contributed by atoms with Gasteiger partial charge in [0.25, 0.3) is 0 Å². The number of aliphatic imine (C=N–C) groups is 1. The first-order valence-electron chi connectivity index (χ1n) is 8.23. The highest BCUT2D eigenvalue weighted by Gasteiger charge is 2.12. The Balaban J connectivity index is 1.80. The molecule has 1 saturated heterocycles. The van der Waals surface area contributed by atoms with Crippen molar-refractivity contribution in [1.29, 1.82) is 0 Å². The molecule has 0 aliphatic carbocycles. The molecule has 3 rings (SSSR count). The molecule has 1 aliphatic rings. The molecule has 0 atom stereocenters. The van der Waals surface area contributed by atoms with Gasteiger partial charge < -0.3 is 9.64 Å². The molecule has 0 unspecified atom stereocenters. The Bertz CT molecular complexity index is 698. The van der Waals surface area contributed by atoms with Crippen molar-refractivity contribution in [1.82, 2.24) is 0 Å². The van der Waals surface area contributed by atoms with E-state index < -0.39 is 0 Å². The van der Waals surface area contributed by atoms with Gasteiger partial charge in [0.15, 0.2) is 0 Å². The highest BCUT2D eigenvalue weighted by atomic mass is 16.5. The number of benzene rings is 2. The predicted octanol–water partition coefficient (Wildman–Crippen LogP) is 4.74. The van der Waals surface area contributed by atoms with Gasteiger partial charge in [-0.05, 0) is 68.1 Å². The molecular formula is C20H24N2O. The fraction of sp³-hybridized carbons (Fsp3) is 0.350. The molecule has 0 spiro atoms. The average molecular weight is 308 g/mol. The lowest BCUT2D eigenvalue weighted by Gasteiger charge is -2.17. The molecule has 0 N–H and O–H groups in total. The van der Waals surface area contributed by atoms with Crippen LogP contribution in [0.5, 0.6) is 5.75 Å². The third-order valence-corrected chi connectivity index (χ3v) is 4.45. The second-order valence-corrected chi connectivity index (χ2v) is 6.09. The molecular weight excluding hydrogens is 284 g/mol. The van der Waals surface area contributed by atoms with E-state index in [4.69, 9.17) is 9.73 Å². The molecule has 23 heavy (non-hydrogen) atoms. The van der Waals surface area contributed by atoms with Gasteiger partial charge in [-0.3, -0.25) is 4.99 Å². The molecule has 1 heterocycles. The first-order valence-corrected chi connectivity index (χ1v) is 8.23. The Kier molecular flexibility index (Phi) is 4.65. The zero-order chi connectivity index (χ0) is 16.2. The van der Waals surface area contributed by atoms with Crippen molar-refractivity contribution in [3.63, 3.8) is 0 Å². The standard InChI is InChI=1S/C20H24N2O/c1-15-14-19(23-3)10-11-20(15)21-16(2)17-6-8-18(9-7-17)22-12-4-5-13-22/h6-11,14H,4-5,12-13H2,1-3H3. The van der Waals surface area contributed by atoms with Crippen molar-refractivity contribution in [2.45, 2.75) is 26.7 Å². The van der Waals surface area contributed by atoms with E-state index in [9.17, 15) is 0 Å². The molecule has 3 nitrogen and oxygen atoms in total. The Morgan fingerprint density at radius 3 is 2.35 bits per heavy atom. The normalized spacial score (nSPS) is 15.1. The van der Waals surface area contributed by atoms with E-state index in [1.54, 1.807) is 7.11 Å². The zero-order valence-electron chi connectivity index (χ0n) is 14.2. The zero-order valence-corrected chi connectivity index (χ0v) is 14.2. The fourth-order valence-electron chi connectivity index (χ4n) is 3.01. The van der Waals surface area contributed by atoms with Crippen LogP contribution in [0.1, 0.15) is 30.9 Å². The van der Waals surface area contributed by atoms with Gasteiger partial charge in [-0.15, -0.1) is 0 Å². The van der Waals surface area contributed by atoms with Crippen LogP contribution < -0.4 is 9.64 Å². The molecule has 0 amide bonds. The minimum Gasteiger partial charge on any atom is -0.497 e. The van der Waals surface area contributed by atoms with Crippen LogP contribution in [0.3, 0.4) is 0 Å². The minimum absolute atomic E-state index is 0.870. The van der Waals surface area contributed by atoms with Crippen LogP contribution in [-0.2, 0) is 0 Å². The van der Waals surface area contributed by atoms with Crippen molar-refractivity contribution < 1.29 is 4.74 Å². The lowest BCUT2D eigenvalue weighted by molar-refractivity contribution is 0.414. The number of methoxy groups -OCH3 is 1. The molecule has 0 bridgehead atoms. The number of hydrogen-bond donors (Lipinski definition) is 0. The van der Waals surface area contributed by atoms with E-state index in [-0.39, 0.29) is 0 Å². The highest BCUT2D eigenvalue weighted by molar-refractivity contribution is 6.00. The maximum Gasteiger partial charge on any atom is 0.119 e. The second-order valence-electron chi connectivity index (χ2n) is 6.09. The topological polar surface area (TPSA) is 24.8 Å². The maximum absolute atomic E-state index is 5.25. The first-order chi connectivity index (χ1) is 11.2. The summed E-state index contributed by atoms with van der Waals surface area (Å²) >= 11 is 0. The summed E-state index contributed by atoms with van der Waals surface area (Å²) in [6, 6.07) is 14.7. The van der Waals surface area contributed by atoms with Gasteiger partial charge in [0.2, 0.25) is 0 Å². The van der Waals surface area contributed by atoms with Gasteiger partial charge in [-0.25, -0.2) is 0 Å². The van der Waals surface area contributed by atoms with E-state index >= 15 is 0 Å². The smallest absolute Gasteiger partial charge is 0.119 e. The van der Waals surface area contributed by atoms with E-state index in [2.05, 4.69) is 43.0 Å². The highest BCUT2D eigenvalue weighted by Crippen LogP contribution is 2.25. The molecule has 0 aromatic heterocycles. The summed E-state index contributed by atoms with van der Waals surface area (Å²) in [7, 11) is 1.69.